The second-order valence-electron chi connectivity index (χ2n) is 4.76. The lowest BCUT2D eigenvalue weighted by Gasteiger charge is -2.21. The molecule has 0 spiro atoms. The van der Waals surface area contributed by atoms with Gasteiger partial charge in [-0.3, -0.25) is 4.79 Å². The van der Waals surface area contributed by atoms with E-state index in [1.807, 2.05) is 0 Å². The van der Waals surface area contributed by atoms with Crippen LogP contribution in [0.2, 0.25) is 0 Å². The van der Waals surface area contributed by atoms with Crippen molar-refractivity contribution in [3.05, 3.63) is 35.4 Å². The molecule has 1 saturated heterocycles. The Morgan fingerprint density at radius 2 is 2.17 bits per heavy atom. The van der Waals surface area contributed by atoms with Crippen LogP contribution < -0.4 is 5.32 Å². The molecule has 0 bridgehead atoms. The summed E-state index contributed by atoms with van der Waals surface area (Å²) in [5, 5.41) is 3.20. The third kappa shape index (κ3) is 3.35. The van der Waals surface area contributed by atoms with Crippen molar-refractivity contribution in [1.29, 1.82) is 0 Å². The fraction of sp³-hybridized carbons (Fsp3) is 0.500. The monoisotopic (exact) mass is 253 g/mol. The van der Waals surface area contributed by atoms with Crippen LogP contribution in [0.5, 0.6) is 0 Å². The van der Waals surface area contributed by atoms with Gasteiger partial charge in [0.05, 0.1) is 0 Å². The number of halogens is 2. The number of piperidine rings is 1. The van der Waals surface area contributed by atoms with Gasteiger partial charge in [0.15, 0.2) is 11.6 Å². The van der Waals surface area contributed by atoms with E-state index in [0.717, 1.165) is 32.0 Å². The molecule has 1 fully saturated rings. The number of carbonyl (C=O) groups excluding carboxylic acids is 1. The molecule has 0 aliphatic carbocycles. The number of carbonyl (C=O) groups is 1. The quantitative estimate of drug-likeness (QED) is 0.893. The summed E-state index contributed by atoms with van der Waals surface area (Å²) in [5.74, 6) is -1.39. The summed E-state index contributed by atoms with van der Waals surface area (Å²) in [5.41, 5.74) is 0.672. The second kappa shape index (κ2) is 6.05. The molecule has 98 valence electrons. The van der Waals surface area contributed by atoms with Crippen molar-refractivity contribution in [3.63, 3.8) is 0 Å². The first-order valence-corrected chi connectivity index (χ1v) is 6.34. The first-order chi connectivity index (χ1) is 8.66. The van der Waals surface area contributed by atoms with Gasteiger partial charge >= 0.3 is 0 Å². The Morgan fingerprint density at radius 3 is 2.83 bits per heavy atom. The predicted molar refractivity (Wildman–Crippen MR) is 65.3 cm³/mol. The normalized spacial score (nSPS) is 19.8. The van der Waals surface area contributed by atoms with Crippen molar-refractivity contribution in [2.24, 2.45) is 5.92 Å². The minimum absolute atomic E-state index is 0.0871. The highest BCUT2D eigenvalue weighted by atomic mass is 19.2. The van der Waals surface area contributed by atoms with Gasteiger partial charge in [0.2, 0.25) is 0 Å². The number of hydrogen-bond acceptors (Lipinski definition) is 2. The van der Waals surface area contributed by atoms with Crippen LogP contribution in [0.25, 0.3) is 0 Å². The van der Waals surface area contributed by atoms with Gasteiger partial charge in [-0.25, -0.2) is 8.78 Å². The summed E-state index contributed by atoms with van der Waals surface area (Å²) in [6, 6.07) is 3.81. The van der Waals surface area contributed by atoms with Crippen molar-refractivity contribution >= 4 is 5.78 Å². The van der Waals surface area contributed by atoms with Gasteiger partial charge in [-0.2, -0.15) is 0 Å². The molecule has 18 heavy (non-hydrogen) atoms. The van der Waals surface area contributed by atoms with E-state index in [2.05, 4.69) is 5.32 Å². The van der Waals surface area contributed by atoms with E-state index in [1.54, 1.807) is 0 Å². The summed E-state index contributed by atoms with van der Waals surface area (Å²) in [6.07, 6.45) is 2.84. The summed E-state index contributed by atoms with van der Waals surface area (Å²) in [7, 11) is 0. The maximum absolute atomic E-state index is 13.0. The van der Waals surface area contributed by atoms with Crippen molar-refractivity contribution in [2.45, 2.75) is 25.7 Å². The Bertz CT molecular complexity index is 428. The number of hydrogen-bond donors (Lipinski definition) is 1. The molecule has 2 rings (SSSR count). The Labute approximate surface area is 105 Å². The van der Waals surface area contributed by atoms with Crippen LogP contribution in [0.4, 0.5) is 8.78 Å². The van der Waals surface area contributed by atoms with E-state index in [9.17, 15) is 13.6 Å². The standard InChI is InChI=1S/C14H17F2NO/c15-12-5-3-10(8-13(12)16)4-6-14(18)11-2-1-7-17-9-11/h3,5,8,11,17H,1-2,4,6-7,9H2. The highest BCUT2D eigenvalue weighted by Gasteiger charge is 2.20. The molecule has 0 saturated carbocycles. The Hall–Kier alpha value is -1.29. The summed E-state index contributed by atoms with van der Waals surface area (Å²) in [6.45, 7) is 1.73. The lowest BCUT2D eigenvalue weighted by atomic mass is 9.91. The van der Waals surface area contributed by atoms with Crippen LogP contribution in [-0.2, 0) is 11.2 Å². The molecule has 1 N–H and O–H groups in total. The smallest absolute Gasteiger partial charge is 0.159 e. The maximum atomic E-state index is 13.0. The molecule has 1 aliphatic heterocycles. The highest BCUT2D eigenvalue weighted by molar-refractivity contribution is 5.81. The summed E-state index contributed by atoms with van der Waals surface area (Å²) in [4.78, 5) is 11.9. The zero-order valence-corrected chi connectivity index (χ0v) is 10.2. The van der Waals surface area contributed by atoms with Crippen LogP contribution in [0, 0.1) is 17.6 Å². The molecular formula is C14H17F2NO. The van der Waals surface area contributed by atoms with Crippen LogP contribution in [0.3, 0.4) is 0 Å². The van der Waals surface area contributed by atoms with Crippen LogP contribution in [-0.4, -0.2) is 18.9 Å². The largest absolute Gasteiger partial charge is 0.316 e. The molecule has 1 heterocycles. The number of rotatable bonds is 4. The number of aryl methyl sites for hydroxylation is 1. The fourth-order valence-electron chi connectivity index (χ4n) is 2.29. The molecule has 1 atom stereocenters. The van der Waals surface area contributed by atoms with Crippen molar-refractivity contribution in [2.75, 3.05) is 13.1 Å². The Kier molecular flexibility index (Phi) is 4.42. The van der Waals surface area contributed by atoms with E-state index in [4.69, 9.17) is 0 Å². The molecule has 0 aromatic heterocycles. The van der Waals surface area contributed by atoms with Crippen molar-refractivity contribution in [3.8, 4) is 0 Å². The van der Waals surface area contributed by atoms with E-state index >= 15 is 0 Å². The number of Topliss-reactive ketones (excluding diaryl/α,β-unsaturated/α-hetero) is 1. The zero-order valence-electron chi connectivity index (χ0n) is 10.2. The first kappa shape index (κ1) is 13.1. The van der Waals surface area contributed by atoms with Gasteiger partial charge in [-0.1, -0.05) is 6.07 Å². The van der Waals surface area contributed by atoms with Crippen molar-refractivity contribution < 1.29 is 13.6 Å². The van der Waals surface area contributed by atoms with Gasteiger partial charge in [0.1, 0.15) is 5.78 Å². The molecule has 1 aliphatic rings. The van der Waals surface area contributed by atoms with Crippen molar-refractivity contribution in [1.82, 2.24) is 5.32 Å². The average molecular weight is 253 g/mol. The highest BCUT2D eigenvalue weighted by Crippen LogP contribution is 2.16. The second-order valence-corrected chi connectivity index (χ2v) is 4.76. The molecule has 4 heteroatoms. The minimum atomic E-state index is -0.848. The summed E-state index contributed by atoms with van der Waals surface area (Å²) >= 11 is 0. The van der Waals surface area contributed by atoms with Gasteiger partial charge in [0, 0.05) is 18.9 Å². The van der Waals surface area contributed by atoms with Gasteiger partial charge in [-0.15, -0.1) is 0 Å². The molecule has 1 aromatic rings. The molecule has 2 nitrogen and oxygen atoms in total. The molecule has 0 amide bonds. The summed E-state index contributed by atoms with van der Waals surface area (Å²) < 4.78 is 25.7. The van der Waals surface area contributed by atoms with Crippen LogP contribution in [0.1, 0.15) is 24.8 Å². The Balaban J connectivity index is 1.86. The molecular weight excluding hydrogens is 236 g/mol. The SMILES string of the molecule is O=C(CCc1ccc(F)c(F)c1)C1CCCNC1. The van der Waals surface area contributed by atoms with Gasteiger partial charge < -0.3 is 5.32 Å². The molecule has 1 aromatic carbocycles. The van der Waals surface area contributed by atoms with Crippen LogP contribution in [0.15, 0.2) is 18.2 Å². The predicted octanol–water partition coefficient (Wildman–Crippen LogP) is 2.47. The van der Waals surface area contributed by atoms with Crippen LogP contribution >= 0.6 is 0 Å². The first-order valence-electron chi connectivity index (χ1n) is 6.34. The lowest BCUT2D eigenvalue weighted by Crippen LogP contribution is -2.34. The number of ketones is 1. The molecule has 0 radical (unpaired) electrons. The average Bonchev–Trinajstić information content (AvgIpc) is 2.41. The van der Waals surface area contributed by atoms with E-state index < -0.39 is 11.6 Å². The third-order valence-corrected chi connectivity index (χ3v) is 3.40. The van der Waals surface area contributed by atoms with E-state index in [0.29, 0.717) is 18.4 Å². The minimum Gasteiger partial charge on any atom is -0.316 e. The number of benzene rings is 1. The third-order valence-electron chi connectivity index (χ3n) is 3.40. The van der Waals surface area contributed by atoms with Gasteiger partial charge in [0.25, 0.3) is 0 Å². The van der Waals surface area contributed by atoms with Gasteiger partial charge in [-0.05, 0) is 43.5 Å². The number of nitrogens with one attached hydrogen (secondary N) is 1. The Morgan fingerprint density at radius 1 is 1.33 bits per heavy atom. The van der Waals surface area contributed by atoms with E-state index in [-0.39, 0.29) is 11.7 Å². The lowest BCUT2D eigenvalue weighted by molar-refractivity contribution is -0.123. The fourth-order valence-corrected chi connectivity index (χ4v) is 2.29. The molecule has 1 unspecified atom stereocenters. The van der Waals surface area contributed by atoms with E-state index in [1.165, 1.54) is 12.1 Å². The topological polar surface area (TPSA) is 29.1 Å². The maximum Gasteiger partial charge on any atom is 0.159 e. The zero-order chi connectivity index (χ0) is 13.0.